The Hall–Kier alpha value is -2.38. The smallest absolute Gasteiger partial charge is 0.276 e. The van der Waals surface area contributed by atoms with Crippen LogP contribution >= 0.6 is 0 Å². The molecule has 8 heteroatoms. The number of fused-ring (bicyclic) bond motifs is 1. The van der Waals surface area contributed by atoms with Crippen molar-refractivity contribution < 1.29 is 19.3 Å². The summed E-state index contributed by atoms with van der Waals surface area (Å²) in [5, 5.41) is 22.5. The van der Waals surface area contributed by atoms with Gasteiger partial charge in [0.25, 0.3) is 5.69 Å². The highest BCUT2D eigenvalue weighted by molar-refractivity contribution is 5.55. The fraction of sp³-hybridized carbons (Fsp3) is 0.538. The van der Waals surface area contributed by atoms with E-state index in [2.05, 4.69) is 0 Å². The Kier molecular flexibility index (Phi) is 3.97. The molecule has 0 bridgehead atoms. The minimum Gasteiger partial charge on any atom is -0.454 e. The molecule has 1 aliphatic rings. The second-order valence-corrected chi connectivity index (χ2v) is 5.27. The number of benzene rings is 1. The predicted octanol–water partition coefficient (Wildman–Crippen LogP) is 2.70. The molecule has 1 aliphatic heterocycles. The van der Waals surface area contributed by atoms with Crippen molar-refractivity contribution in [1.82, 2.24) is 0 Å². The summed E-state index contributed by atoms with van der Waals surface area (Å²) in [7, 11) is 0. The van der Waals surface area contributed by atoms with Crippen molar-refractivity contribution in [2.45, 2.75) is 38.6 Å². The Morgan fingerprint density at radius 3 is 2.38 bits per heavy atom. The average Bonchev–Trinajstić information content (AvgIpc) is 2.84. The summed E-state index contributed by atoms with van der Waals surface area (Å²) in [4.78, 5) is 21.6. The zero-order chi connectivity index (χ0) is 15.6. The first-order valence-corrected chi connectivity index (χ1v) is 6.59. The van der Waals surface area contributed by atoms with Crippen molar-refractivity contribution in [2.24, 2.45) is 0 Å². The van der Waals surface area contributed by atoms with E-state index in [1.54, 1.807) is 0 Å². The van der Waals surface area contributed by atoms with E-state index in [1.165, 1.54) is 19.1 Å². The standard InChI is InChI=1S/C13H16N2O6/c1-3-4-13(2,15(18)19)7-9-5-11-12(21-8-20-11)6-10(9)14(16)17/h5-6H,3-4,7-8H2,1-2H3. The summed E-state index contributed by atoms with van der Waals surface area (Å²) in [5.41, 5.74) is -1.13. The predicted molar refractivity (Wildman–Crippen MR) is 73.2 cm³/mol. The molecule has 0 saturated heterocycles. The van der Waals surface area contributed by atoms with Crippen LogP contribution in [0.3, 0.4) is 0 Å². The van der Waals surface area contributed by atoms with Gasteiger partial charge in [-0.1, -0.05) is 6.92 Å². The molecule has 1 atom stereocenters. The molecule has 1 aromatic carbocycles. The maximum atomic E-state index is 11.3. The molecule has 0 N–H and O–H groups in total. The van der Waals surface area contributed by atoms with E-state index in [0.29, 0.717) is 24.3 Å². The van der Waals surface area contributed by atoms with Gasteiger partial charge in [0.05, 0.1) is 11.0 Å². The van der Waals surface area contributed by atoms with Crippen molar-refractivity contribution in [3.8, 4) is 11.5 Å². The van der Waals surface area contributed by atoms with Crippen LogP contribution in [0.25, 0.3) is 0 Å². The summed E-state index contributed by atoms with van der Waals surface area (Å²) in [6.45, 7) is 3.35. The number of hydrogen-bond donors (Lipinski definition) is 0. The van der Waals surface area contributed by atoms with E-state index in [4.69, 9.17) is 9.47 Å². The molecular weight excluding hydrogens is 280 g/mol. The lowest BCUT2D eigenvalue weighted by Gasteiger charge is -2.20. The van der Waals surface area contributed by atoms with Gasteiger partial charge in [0.1, 0.15) is 0 Å². The zero-order valence-corrected chi connectivity index (χ0v) is 11.8. The van der Waals surface area contributed by atoms with Gasteiger partial charge < -0.3 is 9.47 Å². The largest absolute Gasteiger partial charge is 0.454 e. The SMILES string of the molecule is CCCC(C)(Cc1cc2c(cc1[N+](=O)[O-])OCO2)[N+](=O)[O-]. The van der Waals surface area contributed by atoms with Crippen LogP contribution in [0.15, 0.2) is 12.1 Å². The van der Waals surface area contributed by atoms with E-state index in [9.17, 15) is 20.2 Å². The molecule has 0 spiro atoms. The molecule has 1 unspecified atom stereocenters. The molecule has 0 aromatic heterocycles. The Morgan fingerprint density at radius 2 is 1.86 bits per heavy atom. The summed E-state index contributed by atoms with van der Waals surface area (Å²) >= 11 is 0. The van der Waals surface area contributed by atoms with Gasteiger partial charge in [-0.15, -0.1) is 0 Å². The number of nitrogens with zero attached hydrogens (tertiary/aromatic N) is 2. The van der Waals surface area contributed by atoms with Crippen molar-refractivity contribution in [3.63, 3.8) is 0 Å². The Bertz CT molecular complexity index is 588. The third-order valence-electron chi connectivity index (χ3n) is 3.57. The lowest BCUT2D eigenvalue weighted by atomic mass is 9.88. The summed E-state index contributed by atoms with van der Waals surface area (Å²) in [6, 6.07) is 2.74. The molecule has 1 heterocycles. The molecule has 114 valence electrons. The first-order valence-electron chi connectivity index (χ1n) is 6.59. The van der Waals surface area contributed by atoms with E-state index >= 15 is 0 Å². The van der Waals surface area contributed by atoms with Gasteiger partial charge in [-0.25, -0.2) is 0 Å². The molecule has 2 rings (SSSR count). The number of hydrogen-bond acceptors (Lipinski definition) is 6. The third-order valence-corrected chi connectivity index (χ3v) is 3.57. The van der Waals surface area contributed by atoms with Crippen LogP contribution in [0.4, 0.5) is 5.69 Å². The van der Waals surface area contributed by atoms with Crippen LogP contribution in [0.1, 0.15) is 32.3 Å². The normalized spacial score (nSPS) is 15.5. The number of nitro benzene ring substituents is 1. The monoisotopic (exact) mass is 296 g/mol. The van der Waals surface area contributed by atoms with E-state index in [1.807, 2.05) is 6.92 Å². The van der Waals surface area contributed by atoms with E-state index in [0.717, 1.165) is 0 Å². The summed E-state index contributed by atoms with van der Waals surface area (Å²) in [6.07, 6.45) is 0.933. The quantitative estimate of drug-likeness (QED) is 0.590. The lowest BCUT2D eigenvalue weighted by molar-refractivity contribution is -0.566. The fourth-order valence-corrected chi connectivity index (χ4v) is 2.48. The molecular formula is C13H16N2O6. The molecule has 0 aliphatic carbocycles. The average molecular weight is 296 g/mol. The van der Waals surface area contributed by atoms with Crippen LogP contribution < -0.4 is 9.47 Å². The van der Waals surface area contributed by atoms with Crippen molar-refractivity contribution in [3.05, 3.63) is 37.9 Å². The summed E-state index contributed by atoms with van der Waals surface area (Å²) in [5.74, 6) is 0.682. The number of rotatable bonds is 6. The summed E-state index contributed by atoms with van der Waals surface area (Å²) < 4.78 is 10.3. The fourth-order valence-electron chi connectivity index (χ4n) is 2.48. The molecule has 0 radical (unpaired) electrons. The van der Waals surface area contributed by atoms with Gasteiger partial charge in [0.15, 0.2) is 11.5 Å². The minimum absolute atomic E-state index is 0.00257. The molecule has 21 heavy (non-hydrogen) atoms. The highest BCUT2D eigenvalue weighted by atomic mass is 16.7. The molecule has 0 amide bonds. The lowest BCUT2D eigenvalue weighted by Crippen LogP contribution is -2.37. The van der Waals surface area contributed by atoms with Crippen LogP contribution in [-0.2, 0) is 6.42 Å². The topological polar surface area (TPSA) is 105 Å². The van der Waals surface area contributed by atoms with E-state index in [-0.39, 0.29) is 29.4 Å². The zero-order valence-electron chi connectivity index (χ0n) is 11.8. The highest BCUT2D eigenvalue weighted by Crippen LogP contribution is 2.39. The Balaban J connectivity index is 2.42. The first kappa shape index (κ1) is 15.0. The van der Waals surface area contributed by atoms with Crippen LogP contribution in [-0.4, -0.2) is 22.2 Å². The van der Waals surface area contributed by atoms with E-state index < -0.39 is 10.5 Å². The molecule has 8 nitrogen and oxygen atoms in total. The Labute approximate surface area is 121 Å². The first-order chi connectivity index (χ1) is 9.87. The third kappa shape index (κ3) is 2.88. The van der Waals surface area contributed by atoms with Crippen LogP contribution in [0.2, 0.25) is 0 Å². The minimum atomic E-state index is -1.24. The van der Waals surface area contributed by atoms with Crippen molar-refractivity contribution in [1.29, 1.82) is 0 Å². The van der Waals surface area contributed by atoms with Crippen LogP contribution in [0, 0.1) is 20.2 Å². The van der Waals surface area contributed by atoms with Gasteiger partial charge in [-0.3, -0.25) is 20.2 Å². The maximum Gasteiger partial charge on any atom is 0.276 e. The van der Waals surface area contributed by atoms with Crippen LogP contribution in [0.5, 0.6) is 11.5 Å². The highest BCUT2D eigenvalue weighted by Gasteiger charge is 2.39. The van der Waals surface area contributed by atoms with Crippen molar-refractivity contribution >= 4 is 5.69 Å². The molecule has 1 aromatic rings. The Morgan fingerprint density at radius 1 is 1.24 bits per heavy atom. The van der Waals surface area contributed by atoms with Gasteiger partial charge in [-0.05, 0) is 12.5 Å². The molecule has 0 saturated carbocycles. The van der Waals surface area contributed by atoms with Gasteiger partial charge in [-0.2, -0.15) is 0 Å². The van der Waals surface area contributed by atoms with Gasteiger partial charge >= 0.3 is 0 Å². The molecule has 0 fully saturated rings. The van der Waals surface area contributed by atoms with Crippen molar-refractivity contribution in [2.75, 3.05) is 6.79 Å². The maximum absolute atomic E-state index is 11.3. The van der Waals surface area contributed by atoms with Gasteiger partial charge in [0.2, 0.25) is 12.3 Å². The van der Waals surface area contributed by atoms with Gasteiger partial charge in [0, 0.05) is 30.3 Å². The second-order valence-electron chi connectivity index (χ2n) is 5.27. The number of ether oxygens (including phenoxy) is 2. The second kappa shape index (κ2) is 5.55. The number of nitro groups is 2.